The quantitative estimate of drug-likeness (QED) is 0.685. The van der Waals surface area contributed by atoms with Crippen molar-refractivity contribution in [2.24, 2.45) is 0 Å². The van der Waals surface area contributed by atoms with Crippen molar-refractivity contribution in [2.45, 2.75) is 51.6 Å². The molecular weight excluding hydrogens is 266 g/mol. The third-order valence-corrected chi connectivity index (χ3v) is 4.96. The van der Waals surface area contributed by atoms with Crippen LogP contribution in [-0.4, -0.2) is 74.2 Å². The van der Waals surface area contributed by atoms with Crippen LogP contribution in [0.15, 0.2) is 0 Å². The Hall–Kier alpha value is -0.650. The Bertz CT molecular complexity index is 317. The van der Waals surface area contributed by atoms with E-state index in [1.165, 1.54) is 13.5 Å². The van der Waals surface area contributed by atoms with Crippen molar-refractivity contribution in [1.29, 1.82) is 0 Å². The van der Waals surface area contributed by atoms with Gasteiger partial charge in [0.2, 0.25) is 0 Å². The van der Waals surface area contributed by atoms with Gasteiger partial charge in [-0.3, -0.25) is 9.69 Å². The highest BCUT2D eigenvalue weighted by Crippen LogP contribution is 2.15. The van der Waals surface area contributed by atoms with Gasteiger partial charge in [-0.1, -0.05) is 6.92 Å². The minimum atomic E-state index is -0.562. The van der Waals surface area contributed by atoms with Crippen molar-refractivity contribution in [1.82, 2.24) is 15.1 Å². The van der Waals surface area contributed by atoms with Gasteiger partial charge < -0.3 is 15.0 Å². The molecule has 5 heteroatoms. The normalized spacial score (nSPS) is 21.8. The van der Waals surface area contributed by atoms with Crippen LogP contribution in [0.4, 0.5) is 0 Å². The predicted octanol–water partition coefficient (Wildman–Crippen LogP) is 1.33. The molecule has 0 bridgehead atoms. The Labute approximate surface area is 130 Å². The summed E-state index contributed by atoms with van der Waals surface area (Å²) < 4.78 is 4.88. The van der Waals surface area contributed by atoms with E-state index in [-0.39, 0.29) is 5.97 Å². The summed E-state index contributed by atoms with van der Waals surface area (Å²) in [5.41, 5.74) is -0.562. The molecule has 0 aliphatic carbocycles. The Morgan fingerprint density at radius 1 is 1.33 bits per heavy atom. The van der Waals surface area contributed by atoms with Crippen LogP contribution < -0.4 is 5.32 Å². The third-order valence-electron chi connectivity index (χ3n) is 4.96. The van der Waals surface area contributed by atoms with Gasteiger partial charge in [0, 0.05) is 32.2 Å². The van der Waals surface area contributed by atoms with Gasteiger partial charge in [-0.2, -0.15) is 0 Å². The summed E-state index contributed by atoms with van der Waals surface area (Å²) in [6.07, 6.45) is 3.04. The molecule has 0 aromatic heterocycles. The highest BCUT2D eigenvalue weighted by Gasteiger charge is 2.32. The smallest absolute Gasteiger partial charge is 0.325 e. The monoisotopic (exact) mass is 299 g/mol. The molecule has 2 atom stereocenters. The average Bonchev–Trinajstić information content (AvgIpc) is 2.53. The number of hydrogen-bond acceptors (Lipinski definition) is 5. The molecule has 21 heavy (non-hydrogen) atoms. The maximum atomic E-state index is 11.8. The summed E-state index contributed by atoms with van der Waals surface area (Å²) >= 11 is 0. The lowest BCUT2D eigenvalue weighted by Crippen LogP contribution is -2.51. The molecule has 0 spiro atoms. The maximum Gasteiger partial charge on any atom is 0.325 e. The first-order valence-electron chi connectivity index (χ1n) is 8.20. The van der Waals surface area contributed by atoms with Crippen molar-refractivity contribution in [3.63, 3.8) is 0 Å². The van der Waals surface area contributed by atoms with Gasteiger partial charge in [-0.15, -0.1) is 0 Å². The number of piperazine rings is 1. The summed E-state index contributed by atoms with van der Waals surface area (Å²) in [5, 5.41) is 3.10. The molecule has 1 saturated heterocycles. The van der Waals surface area contributed by atoms with Crippen molar-refractivity contribution in [3.8, 4) is 0 Å². The van der Waals surface area contributed by atoms with Crippen LogP contribution in [0.2, 0.25) is 0 Å². The summed E-state index contributed by atoms with van der Waals surface area (Å²) in [4.78, 5) is 16.9. The second kappa shape index (κ2) is 8.71. The SMILES string of the molecule is CCC(C)N1CCN(CCCC(C)(NC)C(=O)OC)CC1. The molecule has 0 aromatic carbocycles. The predicted molar refractivity (Wildman–Crippen MR) is 86.5 cm³/mol. The molecular formula is C16H33N3O2. The standard InChI is InChI=1S/C16H33N3O2/c1-6-14(2)19-12-10-18(11-13-19)9-7-8-16(3,17-4)15(20)21-5/h14,17H,6-13H2,1-5H3. The fraction of sp³-hybridized carbons (Fsp3) is 0.938. The van der Waals surface area contributed by atoms with E-state index < -0.39 is 5.54 Å². The van der Waals surface area contributed by atoms with Crippen LogP contribution in [0.25, 0.3) is 0 Å². The lowest BCUT2D eigenvalue weighted by Gasteiger charge is -2.38. The minimum absolute atomic E-state index is 0.174. The summed E-state index contributed by atoms with van der Waals surface area (Å²) in [5.74, 6) is -0.174. The molecule has 1 rings (SSSR count). The number of rotatable bonds is 8. The van der Waals surface area contributed by atoms with E-state index in [9.17, 15) is 4.79 Å². The molecule has 5 nitrogen and oxygen atoms in total. The van der Waals surface area contributed by atoms with E-state index >= 15 is 0 Å². The average molecular weight is 299 g/mol. The van der Waals surface area contributed by atoms with Gasteiger partial charge in [0.05, 0.1) is 7.11 Å². The zero-order valence-electron chi connectivity index (χ0n) is 14.4. The number of nitrogens with zero attached hydrogens (tertiary/aromatic N) is 2. The van der Waals surface area contributed by atoms with Crippen LogP contribution in [0.1, 0.15) is 40.0 Å². The highest BCUT2D eigenvalue weighted by molar-refractivity contribution is 5.80. The van der Waals surface area contributed by atoms with E-state index in [1.807, 2.05) is 14.0 Å². The molecule has 0 amide bonds. The summed E-state index contributed by atoms with van der Waals surface area (Å²) in [7, 11) is 3.27. The number of ether oxygens (including phenoxy) is 1. The van der Waals surface area contributed by atoms with E-state index in [2.05, 4.69) is 29.0 Å². The van der Waals surface area contributed by atoms with Gasteiger partial charge >= 0.3 is 5.97 Å². The molecule has 1 heterocycles. The number of likely N-dealkylation sites (N-methyl/N-ethyl adjacent to an activating group) is 1. The topological polar surface area (TPSA) is 44.8 Å². The number of esters is 1. The van der Waals surface area contributed by atoms with Crippen LogP contribution in [0.5, 0.6) is 0 Å². The summed E-state index contributed by atoms with van der Waals surface area (Å²) in [6.45, 7) is 12.1. The molecule has 0 radical (unpaired) electrons. The molecule has 0 aromatic rings. The van der Waals surface area contributed by atoms with Crippen molar-refractivity contribution in [3.05, 3.63) is 0 Å². The molecule has 1 N–H and O–H groups in total. The molecule has 124 valence electrons. The zero-order chi connectivity index (χ0) is 15.9. The van der Waals surface area contributed by atoms with Crippen LogP contribution in [-0.2, 0) is 9.53 Å². The van der Waals surface area contributed by atoms with Gasteiger partial charge in [0.1, 0.15) is 5.54 Å². The number of methoxy groups -OCH3 is 1. The number of carbonyl (C=O) groups is 1. The largest absolute Gasteiger partial charge is 0.468 e. The first kappa shape index (κ1) is 18.4. The lowest BCUT2D eigenvalue weighted by atomic mass is 9.96. The molecule has 1 aliphatic heterocycles. The second-order valence-electron chi connectivity index (χ2n) is 6.31. The molecule has 1 fully saturated rings. The van der Waals surface area contributed by atoms with Gasteiger partial charge in [-0.05, 0) is 46.7 Å². The van der Waals surface area contributed by atoms with Gasteiger partial charge in [0.25, 0.3) is 0 Å². The van der Waals surface area contributed by atoms with Crippen LogP contribution in [0.3, 0.4) is 0 Å². The first-order chi connectivity index (χ1) is 9.96. The second-order valence-corrected chi connectivity index (χ2v) is 6.31. The lowest BCUT2D eigenvalue weighted by molar-refractivity contribution is -0.148. The van der Waals surface area contributed by atoms with Crippen LogP contribution in [0, 0.1) is 0 Å². The number of carbonyl (C=O) groups excluding carboxylic acids is 1. The third kappa shape index (κ3) is 5.24. The highest BCUT2D eigenvalue weighted by atomic mass is 16.5. The fourth-order valence-electron chi connectivity index (χ4n) is 2.90. The first-order valence-corrected chi connectivity index (χ1v) is 8.20. The van der Waals surface area contributed by atoms with E-state index in [1.54, 1.807) is 0 Å². The van der Waals surface area contributed by atoms with E-state index in [0.29, 0.717) is 6.04 Å². The number of hydrogen-bond donors (Lipinski definition) is 1. The minimum Gasteiger partial charge on any atom is -0.468 e. The Morgan fingerprint density at radius 3 is 2.43 bits per heavy atom. The van der Waals surface area contributed by atoms with Crippen LogP contribution >= 0.6 is 0 Å². The van der Waals surface area contributed by atoms with Gasteiger partial charge in [-0.25, -0.2) is 0 Å². The maximum absolute atomic E-state index is 11.8. The Balaban J connectivity index is 2.29. The molecule has 1 aliphatic rings. The Kier molecular flexibility index (Phi) is 7.63. The van der Waals surface area contributed by atoms with E-state index in [0.717, 1.165) is 45.6 Å². The van der Waals surface area contributed by atoms with E-state index in [4.69, 9.17) is 4.74 Å². The summed E-state index contributed by atoms with van der Waals surface area (Å²) in [6, 6.07) is 0.694. The zero-order valence-corrected chi connectivity index (χ0v) is 14.4. The molecule has 2 unspecified atom stereocenters. The van der Waals surface area contributed by atoms with Gasteiger partial charge in [0.15, 0.2) is 0 Å². The molecule has 0 saturated carbocycles. The van der Waals surface area contributed by atoms with Crippen molar-refractivity contribution < 1.29 is 9.53 Å². The Morgan fingerprint density at radius 2 is 1.95 bits per heavy atom. The number of nitrogens with one attached hydrogen (secondary N) is 1. The van der Waals surface area contributed by atoms with Crippen molar-refractivity contribution in [2.75, 3.05) is 46.9 Å². The fourth-order valence-corrected chi connectivity index (χ4v) is 2.90. The van der Waals surface area contributed by atoms with Crippen molar-refractivity contribution >= 4 is 5.97 Å².